The summed E-state index contributed by atoms with van der Waals surface area (Å²) in [6.45, 7) is 1.50. The quantitative estimate of drug-likeness (QED) is 0.563. The lowest BCUT2D eigenvalue weighted by Crippen LogP contribution is -2.39. The highest BCUT2D eigenvalue weighted by Gasteiger charge is 2.25. The maximum atomic E-state index is 11.3. The fourth-order valence-electron chi connectivity index (χ4n) is 2.74. The van der Waals surface area contributed by atoms with E-state index in [-0.39, 0.29) is 11.8 Å². The molecule has 0 saturated carbocycles. The van der Waals surface area contributed by atoms with Gasteiger partial charge in [0.15, 0.2) is 0 Å². The van der Waals surface area contributed by atoms with E-state index in [1.54, 1.807) is 0 Å². The number of benzene rings is 1. The Kier molecular flexibility index (Phi) is 3.57. The number of amides is 1. The van der Waals surface area contributed by atoms with E-state index in [4.69, 9.17) is 11.6 Å². The molecule has 2 heterocycles. The van der Waals surface area contributed by atoms with Gasteiger partial charge in [0.05, 0.1) is 5.52 Å². The van der Waals surface area contributed by atoms with Gasteiger partial charge in [-0.15, -0.1) is 0 Å². The lowest BCUT2D eigenvalue weighted by atomic mass is 9.96. The second-order valence-corrected chi connectivity index (χ2v) is 5.20. The van der Waals surface area contributed by atoms with Gasteiger partial charge in [0.2, 0.25) is 11.9 Å². The Hall–Kier alpha value is -2.41. The number of nitrogens with zero attached hydrogens (tertiary/aromatic N) is 3. The lowest BCUT2D eigenvalue weighted by molar-refractivity contribution is -0.122. The largest absolute Gasteiger partial charge is 0.369 e. The third-order valence-electron chi connectivity index (χ3n) is 3.91. The van der Waals surface area contributed by atoms with Crippen LogP contribution in [0.4, 0.5) is 11.8 Å². The first-order valence-corrected chi connectivity index (χ1v) is 6.96. The number of hydrogen-bond acceptors (Lipinski definition) is 6. The Bertz CT molecular complexity index is 666. The average molecular weight is 286 g/mol. The van der Waals surface area contributed by atoms with Gasteiger partial charge in [-0.2, -0.15) is 4.98 Å². The number of carbonyl (C=O) groups excluding carboxylic acids is 1. The van der Waals surface area contributed by atoms with Crippen LogP contribution in [0, 0.1) is 5.92 Å². The molecule has 5 N–H and O–H groups in total. The van der Waals surface area contributed by atoms with Gasteiger partial charge in [-0.1, -0.05) is 12.1 Å². The predicted octanol–water partition coefficient (Wildman–Crippen LogP) is 0.617. The molecule has 21 heavy (non-hydrogen) atoms. The molecule has 0 atom stereocenters. The molecule has 1 aromatic heterocycles. The maximum Gasteiger partial charge on any atom is 0.239 e. The first-order valence-electron chi connectivity index (χ1n) is 6.96. The normalized spacial score (nSPS) is 16.1. The molecule has 0 unspecified atom stereocenters. The molecule has 0 radical (unpaired) electrons. The van der Waals surface area contributed by atoms with Crippen LogP contribution in [0.2, 0.25) is 0 Å². The predicted molar refractivity (Wildman–Crippen MR) is 81.5 cm³/mol. The molecule has 1 aliphatic heterocycles. The number of nitrogens with one attached hydrogen (secondary N) is 1. The summed E-state index contributed by atoms with van der Waals surface area (Å²) >= 11 is 0. The summed E-state index contributed by atoms with van der Waals surface area (Å²) in [5, 5.41) is 0.981. The van der Waals surface area contributed by atoms with Crippen LogP contribution in [-0.2, 0) is 4.79 Å². The number of carbonyl (C=O) groups is 1. The van der Waals surface area contributed by atoms with Crippen LogP contribution in [0.15, 0.2) is 24.3 Å². The van der Waals surface area contributed by atoms with E-state index < -0.39 is 0 Å². The van der Waals surface area contributed by atoms with Crippen molar-refractivity contribution in [3.63, 3.8) is 0 Å². The van der Waals surface area contributed by atoms with Crippen molar-refractivity contribution < 1.29 is 4.79 Å². The van der Waals surface area contributed by atoms with Crippen LogP contribution in [0.5, 0.6) is 0 Å². The van der Waals surface area contributed by atoms with Crippen molar-refractivity contribution >= 4 is 28.6 Å². The molecule has 0 spiro atoms. The van der Waals surface area contributed by atoms with Crippen LogP contribution in [-0.4, -0.2) is 29.0 Å². The van der Waals surface area contributed by atoms with Gasteiger partial charge in [-0.05, 0) is 25.0 Å². The number of hydrogen-bond donors (Lipinski definition) is 3. The number of nitrogens with two attached hydrogens (primary N) is 2. The minimum absolute atomic E-state index is 0.0403. The van der Waals surface area contributed by atoms with E-state index in [0.29, 0.717) is 5.95 Å². The molecule has 0 bridgehead atoms. The molecule has 7 nitrogen and oxygen atoms in total. The fourth-order valence-corrected chi connectivity index (χ4v) is 2.74. The van der Waals surface area contributed by atoms with Crippen LogP contribution in [0.25, 0.3) is 10.9 Å². The van der Waals surface area contributed by atoms with E-state index in [0.717, 1.165) is 42.7 Å². The summed E-state index contributed by atoms with van der Waals surface area (Å²) in [5.41, 5.74) is 8.72. The lowest BCUT2D eigenvalue weighted by Gasteiger charge is -2.32. The zero-order valence-electron chi connectivity index (χ0n) is 11.6. The Morgan fingerprint density at radius 3 is 2.62 bits per heavy atom. The molecule has 110 valence electrons. The van der Waals surface area contributed by atoms with Crippen LogP contribution >= 0.6 is 0 Å². The summed E-state index contributed by atoms with van der Waals surface area (Å²) in [6, 6.07) is 7.81. The van der Waals surface area contributed by atoms with Crippen molar-refractivity contribution in [2.24, 2.45) is 17.5 Å². The second-order valence-electron chi connectivity index (χ2n) is 5.20. The average Bonchev–Trinajstić information content (AvgIpc) is 2.53. The zero-order valence-corrected chi connectivity index (χ0v) is 11.6. The third kappa shape index (κ3) is 2.59. The monoisotopic (exact) mass is 286 g/mol. The Morgan fingerprint density at radius 2 is 1.95 bits per heavy atom. The SMILES string of the molecule is NNc1nc(N2CCC(C(N)=O)CC2)c2ccccc2n1. The summed E-state index contributed by atoms with van der Waals surface area (Å²) in [4.78, 5) is 22.2. The first kappa shape index (κ1) is 13.6. The van der Waals surface area contributed by atoms with Crippen LogP contribution in [0.3, 0.4) is 0 Å². The molecular weight excluding hydrogens is 268 g/mol. The highest BCUT2D eigenvalue weighted by Crippen LogP contribution is 2.28. The molecule has 1 aromatic carbocycles. The standard InChI is InChI=1S/C14H18N6O/c15-12(21)9-5-7-20(8-6-9)13-10-3-1-2-4-11(10)17-14(18-13)19-16/h1-4,9H,5-8,16H2,(H2,15,21)(H,17,18,19). The van der Waals surface area contributed by atoms with Crippen LogP contribution < -0.4 is 21.9 Å². The number of aromatic nitrogens is 2. The molecule has 2 aromatic rings. The maximum absolute atomic E-state index is 11.3. The fraction of sp³-hybridized carbons (Fsp3) is 0.357. The second kappa shape index (κ2) is 5.53. The van der Waals surface area contributed by atoms with Gasteiger partial charge < -0.3 is 10.6 Å². The smallest absolute Gasteiger partial charge is 0.239 e. The van der Waals surface area contributed by atoms with E-state index in [9.17, 15) is 4.79 Å². The molecule has 1 fully saturated rings. The van der Waals surface area contributed by atoms with Gasteiger partial charge in [0.1, 0.15) is 5.82 Å². The molecule has 1 aliphatic rings. The van der Waals surface area contributed by atoms with E-state index in [1.807, 2.05) is 24.3 Å². The van der Waals surface area contributed by atoms with Gasteiger partial charge in [0.25, 0.3) is 0 Å². The summed E-state index contributed by atoms with van der Waals surface area (Å²) < 4.78 is 0. The number of para-hydroxylation sites is 1. The Labute approximate surface area is 122 Å². The van der Waals surface area contributed by atoms with Crippen molar-refractivity contribution in [2.45, 2.75) is 12.8 Å². The molecule has 0 aliphatic carbocycles. The topological polar surface area (TPSA) is 110 Å². The Morgan fingerprint density at radius 1 is 1.24 bits per heavy atom. The zero-order chi connectivity index (χ0) is 14.8. The van der Waals surface area contributed by atoms with Gasteiger partial charge in [0, 0.05) is 24.4 Å². The van der Waals surface area contributed by atoms with E-state index >= 15 is 0 Å². The minimum Gasteiger partial charge on any atom is -0.369 e. The molecular formula is C14H18N6O. The number of rotatable bonds is 3. The minimum atomic E-state index is -0.216. The Balaban J connectivity index is 1.95. The molecule has 1 amide bonds. The van der Waals surface area contributed by atoms with Crippen LogP contribution in [0.1, 0.15) is 12.8 Å². The highest BCUT2D eigenvalue weighted by molar-refractivity contribution is 5.90. The summed E-state index contributed by atoms with van der Waals surface area (Å²) in [5.74, 6) is 6.42. The van der Waals surface area contributed by atoms with Gasteiger partial charge >= 0.3 is 0 Å². The first-order chi connectivity index (χ1) is 10.2. The summed E-state index contributed by atoms with van der Waals surface area (Å²) in [7, 11) is 0. The molecule has 7 heteroatoms. The van der Waals surface area contributed by atoms with E-state index in [2.05, 4.69) is 20.3 Å². The number of fused-ring (bicyclic) bond motifs is 1. The van der Waals surface area contributed by atoms with Crippen molar-refractivity contribution in [3.05, 3.63) is 24.3 Å². The van der Waals surface area contributed by atoms with E-state index in [1.165, 1.54) is 0 Å². The van der Waals surface area contributed by atoms with Crippen molar-refractivity contribution in [1.82, 2.24) is 9.97 Å². The van der Waals surface area contributed by atoms with Crippen molar-refractivity contribution in [2.75, 3.05) is 23.4 Å². The third-order valence-corrected chi connectivity index (χ3v) is 3.91. The van der Waals surface area contributed by atoms with Gasteiger partial charge in [-0.3, -0.25) is 10.2 Å². The number of primary amides is 1. The van der Waals surface area contributed by atoms with Crippen molar-refractivity contribution in [1.29, 1.82) is 0 Å². The molecule has 1 saturated heterocycles. The number of hydrazine groups is 1. The van der Waals surface area contributed by atoms with Gasteiger partial charge in [-0.25, -0.2) is 10.8 Å². The number of nitrogen functional groups attached to an aromatic ring is 1. The molecule has 3 rings (SSSR count). The number of anilines is 2. The van der Waals surface area contributed by atoms with Crippen molar-refractivity contribution in [3.8, 4) is 0 Å². The number of piperidine rings is 1. The highest BCUT2D eigenvalue weighted by atomic mass is 16.1. The summed E-state index contributed by atoms with van der Waals surface area (Å²) in [6.07, 6.45) is 1.50.